The molecule has 0 aliphatic rings. The lowest BCUT2D eigenvalue weighted by Crippen LogP contribution is -2.23. The zero-order valence-electron chi connectivity index (χ0n) is 9.11. The number of ether oxygens (including phenoxy) is 2. The number of nitrogens with two attached hydrogens (primary N) is 2. The number of hydrogen-bond donors (Lipinski definition) is 2. The van der Waals surface area contributed by atoms with E-state index in [1.165, 1.54) is 12.1 Å². The van der Waals surface area contributed by atoms with Crippen LogP contribution in [-0.4, -0.2) is 19.0 Å². The van der Waals surface area contributed by atoms with Gasteiger partial charge in [-0.1, -0.05) is 12.1 Å². The molecule has 0 fully saturated rings. The van der Waals surface area contributed by atoms with Crippen LogP contribution in [0.3, 0.4) is 0 Å². The molecule has 0 spiro atoms. The zero-order chi connectivity index (χ0) is 13.8. The van der Waals surface area contributed by atoms with Crippen LogP contribution in [0.15, 0.2) is 24.3 Å². The van der Waals surface area contributed by atoms with E-state index >= 15 is 0 Å². The maximum absolute atomic E-state index is 11.9. The van der Waals surface area contributed by atoms with Crippen molar-refractivity contribution in [3.8, 4) is 5.75 Å². The fraction of sp³-hybridized carbons (Fsp3) is 0.300. The summed E-state index contributed by atoms with van der Waals surface area (Å²) in [5.74, 6) is -0.374. The predicted molar refractivity (Wildman–Crippen MR) is 55.6 cm³/mol. The molecule has 1 aromatic carbocycles. The number of carbonyl (C=O) groups excluding carboxylic acids is 1. The third-order valence-corrected chi connectivity index (χ3v) is 1.96. The average Bonchev–Trinajstić information content (AvgIpc) is 2.24. The number of benzene rings is 1. The molecule has 1 atom stereocenters. The molecule has 18 heavy (non-hydrogen) atoms. The van der Waals surface area contributed by atoms with E-state index in [4.69, 9.17) is 11.5 Å². The molecule has 0 aliphatic carbocycles. The van der Waals surface area contributed by atoms with Gasteiger partial charge < -0.3 is 20.9 Å². The van der Waals surface area contributed by atoms with Crippen LogP contribution in [-0.2, 0) is 4.74 Å². The maximum atomic E-state index is 11.9. The van der Waals surface area contributed by atoms with Crippen molar-refractivity contribution in [1.29, 1.82) is 0 Å². The van der Waals surface area contributed by atoms with Gasteiger partial charge in [0.2, 0.25) is 0 Å². The molecule has 100 valence electrons. The quantitative estimate of drug-likeness (QED) is 0.866. The summed E-state index contributed by atoms with van der Waals surface area (Å²) in [5, 5.41) is 0. The van der Waals surface area contributed by atoms with Gasteiger partial charge in [-0.15, -0.1) is 13.2 Å². The second-order valence-corrected chi connectivity index (χ2v) is 3.28. The molecule has 8 heteroatoms. The van der Waals surface area contributed by atoms with Gasteiger partial charge in [0, 0.05) is 6.54 Å². The third-order valence-electron chi connectivity index (χ3n) is 1.96. The molecule has 1 amide bonds. The Labute approximate surface area is 100 Å². The van der Waals surface area contributed by atoms with Crippen molar-refractivity contribution in [2.24, 2.45) is 11.5 Å². The van der Waals surface area contributed by atoms with Crippen LogP contribution >= 0.6 is 0 Å². The van der Waals surface area contributed by atoms with Crippen LogP contribution in [0.5, 0.6) is 5.75 Å². The largest absolute Gasteiger partial charge is 0.573 e. The third kappa shape index (κ3) is 4.50. The molecular formula is C10H11F3N2O3. The first-order valence-electron chi connectivity index (χ1n) is 4.83. The van der Waals surface area contributed by atoms with Gasteiger partial charge in [0.1, 0.15) is 11.9 Å². The van der Waals surface area contributed by atoms with E-state index in [2.05, 4.69) is 9.47 Å². The predicted octanol–water partition coefficient (Wildman–Crippen LogP) is 1.68. The van der Waals surface area contributed by atoms with Gasteiger partial charge in [0.05, 0.1) is 0 Å². The van der Waals surface area contributed by atoms with Crippen molar-refractivity contribution in [3.63, 3.8) is 0 Å². The fourth-order valence-corrected chi connectivity index (χ4v) is 1.28. The van der Waals surface area contributed by atoms with Crippen molar-refractivity contribution in [3.05, 3.63) is 29.8 Å². The smallest absolute Gasteiger partial charge is 0.440 e. The first-order chi connectivity index (χ1) is 8.31. The SMILES string of the molecule is NCC(OC(N)=O)c1ccc(OC(F)(F)F)cc1. The van der Waals surface area contributed by atoms with E-state index in [9.17, 15) is 18.0 Å². The second kappa shape index (κ2) is 5.58. The molecule has 0 heterocycles. The van der Waals surface area contributed by atoms with E-state index in [1.54, 1.807) is 0 Å². The lowest BCUT2D eigenvalue weighted by Gasteiger charge is -2.15. The van der Waals surface area contributed by atoms with E-state index in [0.29, 0.717) is 5.56 Å². The Hall–Kier alpha value is -1.96. The van der Waals surface area contributed by atoms with E-state index < -0.39 is 18.6 Å². The minimum Gasteiger partial charge on any atom is -0.440 e. The molecule has 5 nitrogen and oxygen atoms in total. The normalized spacial score (nSPS) is 12.9. The Morgan fingerprint density at radius 1 is 1.28 bits per heavy atom. The van der Waals surface area contributed by atoms with Crippen molar-refractivity contribution >= 4 is 6.09 Å². The topological polar surface area (TPSA) is 87.6 Å². The Balaban J connectivity index is 2.77. The Morgan fingerprint density at radius 2 is 1.83 bits per heavy atom. The van der Waals surface area contributed by atoms with Crippen LogP contribution in [0.25, 0.3) is 0 Å². The summed E-state index contributed by atoms with van der Waals surface area (Å²) in [6.45, 7) is -0.0393. The molecule has 1 aromatic rings. The molecule has 0 bridgehead atoms. The number of amides is 1. The fourth-order valence-electron chi connectivity index (χ4n) is 1.28. The summed E-state index contributed by atoms with van der Waals surface area (Å²) in [5.41, 5.74) is 10.6. The number of carbonyl (C=O) groups is 1. The van der Waals surface area contributed by atoms with Crippen LogP contribution in [0.4, 0.5) is 18.0 Å². The molecule has 0 radical (unpaired) electrons. The van der Waals surface area contributed by atoms with E-state index in [1.807, 2.05) is 0 Å². The van der Waals surface area contributed by atoms with Gasteiger partial charge >= 0.3 is 12.5 Å². The molecule has 0 saturated carbocycles. The molecular weight excluding hydrogens is 253 g/mol. The molecule has 0 aliphatic heterocycles. The standard InChI is InChI=1S/C10H11F3N2O3/c11-10(12,13)18-7-3-1-6(2-4-7)8(5-14)17-9(15)16/h1-4,8H,5,14H2,(H2,15,16). The lowest BCUT2D eigenvalue weighted by molar-refractivity contribution is -0.274. The summed E-state index contributed by atoms with van der Waals surface area (Å²) in [6.07, 6.45) is -6.57. The molecule has 4 N–H and O–H groups in total. The first kappa shape index (κ1) is 14.1. The number of hydrogen-bond acceptors (Lipinski definition) is 4. The minimum absolute atomic E-state index is 0.0393. The summed E-state index contributed by atoms with van der Waals surface area (Å²) in [6, 6.07) is 4.80. The van der Waals surface area contributed by atoms with Crippen molar-refractivity contribution in [2.75, 3.05) is 6.54 Å². The maximum Gasteiger partial charge on any atom is 0.573 e. The van der Waals surface area contributed by atoms with Gasteiger partial charge in [-0.2, -0.15) is 0 Å². The van der Waals surface area contributed by atoms with E-state index in [-0.39, 0.29) is 12.3 Å². The van der Waals surface area contributed by atoms with Gasteiger partial charge in [-0.05, 0) is 17.7 Å². The summed E-state index contributed by atoms with van der Waals surface area (Å²) < 4.78 is 44.1. The highest BCUT2D eigenvalue weighted by atomic mass is 19.4. The highest BCUT2D eigenvalue weighted by Crippen LogP contribution is 2.25. The number of halogens is 3. The molecule has 1 rings (SSSR count). The van der Waals surface area contributed by atoms with Crippen LogP contribution < -0.4 is 16.2 Å². The highest BCUT2D eigenvalue weighted by Gasteiger charge is 2.31. The van der Waals surface area contributed by atoms with Crippen molar-refractivity contribution in [1.82, 2.24) is 0 Å². The second-order valence-electron chi connectivity index (χ2n) is 3.28. The van der Waals surface area contributed by atoms with Gasteiger partial charge in [-0.25, -0.2) is 4.79 Å². The average molecular weight is 264 g/mol. The minimum atomic E-state index is -4.75. The van der Waals surface area contributed by atoms with Gasteiger partial charge in [0.15, 0.2) is 0 Å². The Kier molecular flexibility index (Phi) is 4.38. The van der Waals surface area contributed by atoms with Gasteiger partial charge in [0.25, 0.3) is 0 Å². The van der Waals surface area contributed by atoms with Crippen LogP contribution in [0.1, 0.15) is 11.7 Å². The Morgan fingerprint density at radius 3 is 2.22 bits per heavy atom. The molecule has 1 unspecified atom stereocenters. The summed E-state index contributed by atoms with van der Waals surface area (Å²) in [7, 11) is 0. The summed E-state index contributed by atoms with van der Waals surface area (Å²) in [4.78, 5) is 10.6. The van der Waals surface area contributed by atoms with Gasteiger partial charge in [-0.3, -0.25) is 0 Å². The number of alkyl halides is 3. The highest BCUT2D eigenvalue weighted by molar-refractivity contribution is 5.65. The van der Waals surface area contributed by atoms with Crippen LogP contribution in [0.2, 0.25) is 0 Å². The van der Waals surface area contributed by atoms with E-state index in [0.717, 1.165) is 12.1 Å². The molecule has 0 aromatic heterocycles. The number of rotatable bonds is 4. The summed E-state index contributed by atoms with van der Waals surface area (Å²) >= 11 is 0. The van der Waals surface area contributed by atoms with Crippen molar-refractivity contribution < 1.29 is 27.4 Å². The number of primary amides is 1. The zero-order valence-corrected chi connectivity index (χ0v) is 9.11. The first-order valence-corrected chi connectivity index (χ1v) is 4.83. The lowest BCUT2D eigenvalue weighted by atomic mass is 10.1. The monoisotopic (exact) mass is 264 g/mol. The molecule has 0 saturated heterocycles. The van der Waals surface area contributed by atoms with Crippen molar-refractivity contribution in [2.45, 2.75) is 12.5 Å². The Bertz CT molecular complexity index is 406. The van der Waals surface area contributed by atoms with Crippen LogP contribution in [0, 0.1) is 0 Å².